The van der Waals surface area contributed by atoms with Gasteiger partial charge in [0.25, 0.3) is 5.91 Å². The number of carbonyl (C=O) groups is 1. The van der Waals surface area contributed by atoms with E-state index in [1.54, 1.807) is 24.3 Å². The van der Waals surface area contributed by atoms with Gasteiger partial charge in [-0.2, -0.15) is 5.26 Å². The van der Waals surface area contributed by atoms with Crippen molar-refractivity contribution >= 4 is 35.3 Å². The summed E-state index contributed by atoms with van der Waals surface area (Å²) in [5, 5.41) is 12.7. The van der Waals surface area contributed by atoms with Crippen molar-refractivity contribution in [3.8, 4) is 6.07 Å². The summed E-state index contributed by atoms with van der Waals surface area (Å²) in [5.74, 6) is 0.00687. The first-order valence-corrected chi connectivity index (χ1v) is 7.19. The second kappa shape index (κ2) is 7.02. The normalized spacial score (nSPS) is 11.0. The number of benzene rings is 1. The molecule has 2 rings (SSSR count). The molecule has 0 aliphatic heterocycles. The molecule has 21 heavy (non-hydrogen) atoms. The highest BCUT2D eigenvalue weighted by Gasteiger charge is 2.09. The van der Waals surface area contributed by atoms with Crippen molar-refractivity contribution in [3.63, 3.8) is 0 Å². The summed E-state index contributed by atoms with van der Waals surface area (Å²) in [6, 6.07) is 12.7. The van der Waals surface area contributed by atoms with E-state index >= 15 is 0 Å². The summed E-state index contributed by atoms with van der Waals surface area (Å²) >= 11 is 7.25. The zero-order valence-electron chi connectivity index (χ0n) is 11.1. The minimum atomic E-state index is -0.444. The van der Waals surface area contributed by atoms with Gasteiger partial charge in [-0.3, -0.25) is 4.79 Å². The molecule has 0 bridgehead atoms. The molecule has 1 aromatic carbocycles. The molecular formula is C15H11ClN2O2S. The first kappa shape index (κ1) is 15.2. The van der Waals surface area contributed by atoms with Gasteiger partial charge >= 0.3 is 0 Å². The molecule has 0 saturated heterocycles. The predicted octanol–water partition coefficient (Wildman–Crippen LogP) is 3.74. The van der Waals surface area contributed by atoms with Gasteiger partial charge in [-0.25, -0.2) is 0 Å². The summed E-state index contributed by atoms with van der Waals surface area (Å²) in [6.07, 6.45) is 1.41. The molecule has 1 aromatic heterocycles. The smallest absolute Gasteiger partial charge is 0.261 e. The Labute approximate surface area is 131 Å². The molecule has 0 aliphatic rings. The standard InChI is InChI=1S/C15H11ClN2O2S/c1-18-15(19)10(9-17)8-12-4-7-14(20-12)21-13-5-2-11(16)3-6-13/h2-8H,1H3,(H,18,19)/b10-8-. The minimum Gasteiger partial charge on any atom is -0.450 e. The summed E-state index contributed by atoms with van der Waals surface area (Å²) in [6.45, 7) is 0. The molecule has 0 fully saturated rings. The maximum Gasteiger partial charge on any atom is 0.261 e. The molecule has 106 valence electrons. The number of nitrogens with zero attached hydrogens (tertiary/aromatic N) is 1. The van der Waals surface area contributed by atoms with Gasteiger partial charge in [0.15, 0.2) is 5.09 Å². The maximum atomic E-state index is 11.4. The van der Waals surface area contributed by atoms with Crippen LogP contribution in [-0.4, -0.2) is 13.0 Å². The molecule has 1 N–H and O–H groups in total. The number of rotatable bonds is 4. The van der Waals surface area contributed by atoms with Crippen LogP contribution in [0.25, 0.3) is 6.08 Å². The van der Waals surface area contributed by atoms with Crippen LogP contribution >= 0.6 is 23.4 Å². The molecule has 0 aliphatic carbocycles. The molecule has 0 spiro atoms. The third-order valence-corrected chi connectivity index (χ3v) is 3.69. The lowest BCUT2D eigenvalue weighted by molar-refractivity contribution is -0.116. The van der Waals surface area contributed by atoms with Crippen LogP contribution in [0.5, 0.6) is 0 Å². The predicted molar refractivity (Wildman–Crippen MR) is 81.9 cm³/mol. The van der Waals surface area contributed by atoms with Gasteiger partial charge in [0.05, 0.1) is 0 Å². The van der Waals surface area contributed by atoms with Crippen molar-refractivity contribution < 1.29 is 9.21 Å². The fourth-order valence-electron chi connectivity index (χ4n) is 1.51. The summed E-state index contributed by atoms with van der Waals surface area (Å²) < 4.78 is 5.57. The molecule has 1 heterocycles. The molecule has 6 heteroatoms. The Morgan fingerprint density at radius 1 is 1.33 bits per heavy atom. The summed E-state index contributed by atoms with van der Waals surface area (Å²) in [4.78, 5) is 12.4. The van der Waals surface area contributed by atoms with Crippen LogP contribution in [-0.2, 0) is 4.79 Å². The zero-order chi connectivity index (χ0) is 15.2. The highest BCUT2D eigenvalue weighted by Crippen LogP contribution is 2.30. The number of halogens is 1. The lowest BCUT2D eigenvalue weighted by Crippen LogP contribution is -2.18. The topological polar surface area (TPSA) is 66.0 Å². The Balaban J connectivity index is 2.15. The largest absolute Gasteiger partial charge is 0.450 e. The zero-order valence-corrected chi connectivity index (χ0v) is 12.7. The first-order chi connectivity index (χ1) is 10.1. The van der Waals surface area contributed by atoms with Gasteiger partial charge in [0.1, 0.15) is 17.4 Å². The molecule has 0 unspecified atom stereocenters. The Kier molecular flexibility index (Phi) is 5.09. The third-order valence-electron chi connectivity index (χ3n) is 2.51. The molecule has 0 radical (unpaired) electrons. The van der Waals surface area contributed by atoms with Gasteiger partial charge in [-0.1, -0.05) is 23.4 Å². The van der Waals surface area contributed by atoms with Crippen LogP contribution < -0.4 is 5.32 Å². The number of amides is 1. The number of nitrogens with one attached hydrogen (secondary N) is 1. The van der Waals surface area contributed by atoms with Crippen molar-refractivity contribution in [2.24, 2.45) is 0 Å². The van der Waals surface area contributed by atoms with Crippen LogP contribution in [0.1, 0.15) is 5.76 Å². The number of nitriles is 1. The van der Waals surface area contributed by atoms with Crippen LogP contribution in [0.4, 0.5) is 0 Å². The lowest BCUT2D eigenvalue weighted by atomic mass is 10.2. The number of hydrogen-bond donors (Lipinski definition) is 1. The third kappa shape index (κ3) is 4.15. The Morgan fingerprint density at radius 2 is 2.05 bits per heavy atom. The van der Waals surface area contributed by atoms with E-state index in [-0.39, 0.29) is 5.57 Å². The number of hydrogen-bond acceptors (Lipinski definition) is 4. The average molecular weight is 319 g/mol. The highest BCUT2D eigenvalue weighted by molar-refractivity contribution is 7.99. The maximum absolute atomic E-state index is 11.4. The Bertz CT molecular complexity index is 714. The van der Waals surface area contributed by atoms with E-state index in [4.69, 9.17) is 21.3 Å². The SMILES string of the molecule is CNC(=O)/C(C#N)=C\c1ccc(Sc2ccc(Cl)cc2)o1. The fraction of sp³-hybridized carbons (Fsp3) is 0.0667. The van der Waals surface area contributed by atoms with Gasteiger partial charge in [0.2, 0.25) is 0 Å². The second-order valence-electron chi connectivity index (χ2n) is 3.96. The van der Waals surface area contributed by atoms with Crippen molar-refractivity contribution in [1.29, 1.82) is 5.26 Å². The molecule has 2 aromatic rings. The van der Waals surface area contributed by atoms with Gasteiger partial charge in [0, 0.05) is 23.0 Å². The van der Waals surface area contributed by atoms with Crippen molar-refractivity contribution in [3.05, 3.63) is 52.8 Å². The number of furan rings is 1. The van der Waals surface area contributed by atoms with E-state index in [0.717, 1.165) is 4.90 Å². The van der Waals surface area contributed by atoms with Gasteiger partial charge in [-0.15, -0.1) is 0 Å². The van der Waals surface area contributed by atoms with E-state index in [1.165, 1.54) is 24.9 Å². The molecular weight excluding hydrogens is 308 g/mol. The molecule has 1 amide bonds. The van der Waals surface area contributed by atoms with Crippen LogP contribution in [0, 0.1) is 11.3 Å². The molecule has 0 atom stereocenters. The quantitative estimate of drug-likeness (QED) is 0.689. The summed E-state index contributed by atoms with van der Waals surface area (Å²) in [5.41, 5.74) is -0.00473. The monoisotopic (exact) mass is 318 g/mol. The second-order valence-corrected chi connectivity index (χ2v) is 5.48. The van der Waals surface area contributed by atoms with E-state index in [1.807, 2.05) is 18.2 Å². The lowest BCUT2D eigenvalue weighted by Gasteiger charge is -1.98. The Morgan fingerprint density at radius 3 is 2.67 bits per heavy atom. The fourth-order valence-corrected chi connectivity index (χ4v) is 2.42. The van der Waals surface area contributed by atoms with Crippen molar-refractivity contribution in [2.45, 2.75) is 9.99 Å². The van der Waals surface area contributed by atoms with Crippen LogP contribution in [0.3, 0.4) is 0 Å². The van der Waals surface area contributed by atoms with Crippen LogP contribution in [0.15, 0.2) is 56.4 Å². The van der Waals surface area contributed by atoms with Crippen molar-refractivity contribution in [2.75, 3.05) is 7.05 Å². The minimum absolute atomic E-state index is 0.00473. The van der Waals surface area contributed by atoms with E-state index < -0.39 is 5.91 Å². The highest BCUT2D eigenvalue weighted by atomic mass is 35.5. The molecule has 4 nitrogen and oxygen atoms in total. The first-order valence-electron chi connectivity index (χ1n) is 5.99. The van der Waals surface area contributed by atoms with E-state index in [9.17, 15) is 4.79 Å². The average Bonchev–Trinajstić information content (AvgIpc) is 2.93. The number of carbonyl (C=O) groups excluding carboxylic acids is 1. The van der Waals surface area contributed by atoms with Gasteiger partial charge in [-0.05, 0) is 36.4 Å². The molecule has 0 saturated carbocycles. The van der Waals surface area contributed by atoms with Gasteiger partial charge < -0.3 is 9.73 Å². The van der Waals surface area contributed by atoms with E-state index in [0.29, 0.717) is 15.9 Å². The van der Waals surface area contributed by atoms with E-state index in [2.05, 4.69) is 5.32 Å². The van der Waals surface area contributed by atoms with Crippen LogP contribution in [0.2, 0.25) is 5.02 Å². The van der Waals surface area contributed by atoms with Crippen molar-refractivity contribution in [1.82, 2.24) is 5.32 Å². The number of likely N-dealkylation sites (N-methyl/N-ethyl adjacent to an activating group) is 1. The Hall–Kier alpha value is -2.16. The summed E-state index contributed by atoms with van der Waals surface area (Å²) in [7, 11) is 1.47.